The van der Waals surface area contributed by atoms with E-state index in [2.05, 4.69) is 19.3 Å². The lowest BCUT2D eigenvalue weighted by Crippen LogP contribution is -2.26. The molecule has 0 spiro atoms. The molecule has 0 fully saturated rings. The van der Waals surface area contributed by atoms with Crippen molar-refractivity contribution in [2.75, 3.05) is 6.61 Å². The Morgan fingerprint density at radius 3 is 2.78 bits per heavy atom. The van der Waals surface area contributed by atoms with Gasteiger partial charge in [0.1, 0.15) is 12.4 Å². The van der Waals surface area contributed by atoms with Crippen molar-refractivity contribution in [2.24, 2.45) is 10.9 Å². The Morgan fingerprint density at radius 2 is 2.26 bits per heavy atom. The van der Waals surface area contributed by atoms with E-state index >= 15 is 0 Å². The van der Waals surface area contributed by atoms with Gasteiger partial charge in [-0.2, -0.15) is 0 Å². The van der Waals surface area contributed by atoms with Gasteiger partial charge in [-0.3, -0.25) is 9.98 Å². The summed E-state index contributed by atoms with van der Waals surface area (Å²) in [5.74, 6) is 3.12. The molecular formula is C11H14N3O8P-2. The fraction of sp³-hybridized carbons (Fsp3) is 0.364. The van der Waals surface area contributed by atoms with Crippen LogP contribution >= 0.6 is 7.82 Å². The number of carboxylic acids is 1. The van der Waals surface area contributed by atoms with E-state index in [1.54, 1.807) is 0 Å². The van der Waals surface area contributed by atoms with Gasteiger partial charge in [0, 0.05) is 23.5 Å². The van der Waals surface area contributed by atoms with Gasteiger partial charge < -0.3 is 33.9 Å². The van der Waals surface area contributed by atoms with Crippen molar-refractivity contribution in [3.8, 4) is 5.75 Å². The van der Waals surface area contributed by atoms with Gasteiger partial charge in [0.25, 0.3) is 0 Å². The monoisotopic (exact) mass is 347 g/mol. The van der Waals surface area contributed by atoms with Crippen LogP contribution in [0.4, 0.5) is 0 Å². The second kappa shape index (κ2) is 8.11. The number of rotatable bonds is 8. The van der Waals surface area contributed by atoms with Crippen molar-refractivity contribution in [3.63, 3.8) is 0 Å². The molecule has 0 unspecified atom stereocenters. The van der Waals surface area contributed by atoms with E-state index in [4.69, 9.17) is 11.0 Å². The molecule has 1 aromatic rings. The molecule has 0 aliphatic carbocycles. The molecule has 23 heavy (non-hydrogen) atoms. The molecule has 0 aliphatic heterocycles. The fourth-order valence-electron chi connectivity index (χ4n) is 1.49. The Hall–Kier alpha value is -1.88. The van der Waals surface area contributed by atoms with Gasteiger partial charge in [-0.1, -0.05) is 0 Å². The number of carbonyl (C=O) groups is 1. The summed E-state index contributed by atoms with van der Waals surface area (Å²) in [7, 11) is -5.23. The number of phosphoric acid groups is 1. The average molecular weight is 347 g/mol. The summed E-state index contributed by atoms with van der Waals surface area (Å²) in [6.45, 7) is 0.359. The van der Waals surface area contributed by atoms with Crippen LogP contribution in [-0.4, -0.2) is 40.0 Å². The highest BCUT2D eigenvalue weighted by Crippen LogP contribution is 2.29. The molecule has 12 heteroatoms. The average Bonchev–Trinajstić information content (AvgIpc) is 2.45. The van der Waals surface area contributed by atoms with E-state index in [1.165, 1.54) is 13.1 Å². The lowest BCUT2D eigenvalue weighted by atomic mass is 10.1. The first-order valence-electron chi connectivity index (χ1n) is 6.07. The van der Waals surface area contributed by atoms with E-state index in [0.717, 1.165) is 6.21 Å². The molecule has 1 heterocycles. The van der Waals surface area contributed by atoms with Crippen LogP contribution in [0.15, 0.2) is 11.2 Å². The van der Waals surface area contributed by atoms with Crippen molar-refractivity contribution in [3.05, 3.63) is 23.0 Å². The predicted octanol–water partition coefficient (Wildman–Crippen LogP) is -1.80. The molecule has 0 amide bonds. The van der Waals surface area contributed by atoms with Crippen LogP contribution in [0.3, 0.4) is 0 Å². The topological polar surface area (TPSA) is 190 Å². The van der Waals surface area contributed by atoms with Crippen molar-refractivity contribution in [1.82, 2.24) is 4.98 Å². The van der Waals surface area contributed by atoms with Crippen molar-refractivity contribution >= 4 is 20.0 Å². The van der Waals surface area contributed by atoms with Crippen LogP contribution in [0, 0.1) is 6.92 Å². The number of aliphatic carboxylic acids is 1. The summed E-state index contributed by atoms with van der Waals surface area (Å²) in [5, 5.41) is 18.9. The second-order valence-electron chi connectivity index (χ2n) is 4.32. The zero-order chi connectivity index (χ0) is 17.6. The number of pyridine rings is 1. The van der Waals surface area contributed by atoms with Crippen molar-refractivity contribution in [1.29, 1.82) is 0 Å². The Labute approximate surface area is 130 Å². The SMILES string of the molecule is Cc1ncc(COP(=O)([O-])[O-])c(C=N[C@H](CON)C(=O)O)c1O. The zero-order valence-corrected chi connectivity index (χ0v) is 12.8. The van der Waals surface area contributed by atoms with Gasteiger partial charge in [-0.25, -0.2) is 10.7 Å². The van der Waals surface area contributed by atoms with Gasteiger partial charge >= 0.3 is 5.97 Å². The van der Waals surface area contributed by atoms with Crippen LogP contribution in [0.1, 0.15) is 16.8 Å². The smallest absolute Gasteiger partial charge is 0.330 e. The maximum absolute atomic E-state index is 10.9. The van der Waals surface area contributed by atoms with Crippen LogP contribution in [0.2, 0.25) is 0 Å². The summed E-state index contributed by atoms with van der Waals surface area (Å²) in [5.41, 5.74) is 0.181. The number of hydrogen-bond acceptors (Lipinski definition) is 10. The van der Waals surface area contributed by atoms with Gasteiger partial charge in [-0.15, -0.1) is 0 Å². The summed E-state index contributed by atoms with van der Waals surface area (Å²) in [4.78, 5) is 43.7. The summed E-state index contributed by atoms with van der Waals surface area (Å²) in [6, 6.07) is -1.34. The standard InChI is InChI=1S/C11H16N3O8P/c1-6-10(15)8(3-14-9(5-21-12)11(16)17)7(2-13-6)4-22-23(18,19)20/h2-3,9,15H,4-5,12H2,1H3,(H,16,17)(H2,18,19,20)/p-2/t9-/m1/s1. The van der Waals surface area contributed by atoms with Gasteiger partial charge in [-0.05, 0) is 6.92 Å². The Balaban J connectivity index is 3.14. The fourth-order valence-corrected chi connectivity index (χ4v) is 1.79. The third kappa shape index (κ3) is 6.02. The Kier molecular flexibility index (Phi) is 6.76. The van der Waals surface area contributed by atoms with Gasteiger partial charge in [0.05, 0.1) is 20.1 Å². The summed E-state index contributed by atoms with van der Waals surface area (Å²) < 4.78 is 14.7. The summed E-state index contributed by atoms with van der Waals surface area (Å²) in [6.07, 6.45) is 2.16. The van der Waals surface area contributed by atoms with Gasteiger partial charge in [0.2, 0.25) is 0 Å². The van der Waals surface area contributed by atoms with Crippen LogP contribution in [0.25, 0.3) is 0 Å². The molecule has 128 valence electrons. The summed E-state index contributed by atoms with van der Waals surface area (Å²) >= 11 is 0. The first kappa shape index (κ1) is 19.2. The lowest BCUT2D eigenvalue weighted by Gasteiger charge is -2.28. The molecule has 0 saturated carbocycles. The maximum atomic E-state index is 10.9. The number of carboxylic acid groups (broad SMARTS) is 1. The Morgan fingerprint density at radius 1 is 1.61 bits per heavy atom. The minimum Gasteiger partial charge on any atom is -0.790 e. The number of aliphatic imine (C=N–C) groups is 1. The molecule has 0 bridgehead atoms. The van der Waals surface area contributed by atoms with Crippen molar-refractivity contribution < 1.29 is 38.7 Å². The van der Waals surface area contributed by atoms with E-state index in [1.807, 2.05) is 0 Å². The van der Waals surface area contributed by atoms with Gasteiger partial charge in [0.15, 0.2) is 6.04 Å². The lowest BCUT2D eigenvalue weighted by molar-refractivity contribution is -0.342. The highest BCUT2D eigenvalue weighted by molar-refractivity contribution is 7.43. The van der Waals surface area contributed by atoms with E-state index in [9.17, 15) is 24.3 Å². The second-order valence-corrected chi connectivity index (χ2v) is 5.47. The number of hydrogen-bond donors (Lipinski definition) is 3. The minimum absolute atomic E-state index is 0.0292. The molecule has 1 rings (SSSR count). The molecular weight excluding hydrogens is 333 g/mol. The quantitative estimate of drug-likeness (QED) is 0.275. The third-order valence-electron chi connectivity index (χ3n) is 2.66. The highest BCUT2D eigenvalue weighted by Gasteiger charge is 2.17. The van der Waals surface area contributed by atoms with Crippen molar-refractivity contribution in [2.45, 2.75) is 19.6 Å². The number of aromatic hydroxyl groups is 1. The number of nitrogens with two attached hydrogens (primary N) is 1. The van der Waals surface area contributed by atoms with Crippen LogP contribution in [-0.2, 0) is 25.3 Å². The normalized spacial score (nSPS) is 13.4. The molecule has 1 aromatic heterocycles. The molecule has 0 aliphatic rings. The highest BCUT2D eigenvalue weighted by atomic mass is 31.2. The molecule has 0 radical (unpaired) electrons. The largest absolute Gasteiger partial charge is 0.790 e. The van der Waals surface area contributed by atoms with E-state index in [-0.39, 0.29) is 22.6 Å². The maximum Gasteiger partial charge on any atom is 0.330 e. The molecule has 11 nitrogen and oxygen atoms in total. The number of phosphoric ester groups is 1. The van der Waals surface area contributed by atoms with E-state index in [0.29, 0.717) is 0 Å². The third-order valence-corrected chi connectivity index (χ3v) is 3.10. The zero-order valence-electron chi connectivity index (χ0n) is 11.9. The first-order chi connectivity index (χ1) is 10.7. The Bertz CT molecular complexity index is 644. The first-order valence-corrected chi connectivity index (χ1v) is 7.53. The minimum atomic E-state index is -5.23. The van der Waals surface area contributed by atoms with Crippen LogP contribution in [0.5, 0.6) is 5.75 Å². The van der Waals surface area contributed by atoms with E-state index < -0.39 is 33.0 Å². The van der Waals surface area contributed by atoms with Crippen LogP contribution < -0.4 is 15.7 Å². The molecule has 1 atom stereocenters. The molecule has 0 saturated heterocycles. The number of aromatic nitrogens is 1. The molecule has 4 N–H and O–H groups in total. The predicted molar refractivity (Wildman–Crippen MR) is 72.2 cm³/mol. The molecule has 0 aromatic carbocycles. The number of aryl methyl sites for hydroxylation is 1. The number of nitrogens with zero attached hydrogens (tertiary/aromatic N) is 2.